The first-order valence-electron chi connectivity index (χ1n) is 9.18. The number of hydrogen-bond donors (Lipinski definition) is 1. The number of ether oxygens (including phenoxy) is 1. The number of morpholine rings is 1. The van der Waals surface area contributed by atoms with Crippen LogP contribution in [0.4, 0.5) is 11.6 Å². The maximum atomic E-state index is 5.46. The predicted molar refractivity (Wildman–Crippen MR) is 98.0 cm³/mol. The number of rotatable bonds is 4. The third-order valence-corrected chi connectivity index (χ3v) is 4.92. The van der Waals surface area contributed by atoms with Crippen LogP contribution in [0.5, 0.6) is 0 Å². The smallest absolute Gasteiger partial charge is 0.133 e. The molecule has 2 aliphatic rings. The summed E-state index contributed by atoms with van der Waals surface area (Å²) in [6.07, 6.45) is 6.46. The van der Waals surface area contributed by atoms with Crippen LogP contribution in [0.25, 0.3) is 0 Å². The first-order valence-corrected chi connectivity index (χ1v) is 9.18. The molecule has 0 bridgehead atoms. The van der Waals surface area contributed by atoms with E-state index >= 15 is 0 Å². The molecule has 2 aromatic heterocycles. The van der Waals surface area contributed by atoms with Crippen LogP contribution in [-0.4, -0.2) is 41.3 Å². The molecular formula is C19H25N5O. The average molecular weight is 339 g/mol. The molecule has 0 radical (unpaired) electrons. The predicted octanol–water partition coefficient (Wildman–Crippen LogP) is 2.51. The highest BCUT2D eigenvalue weighted by atomic mass is 16.5. The van der Waals surface area contributed by atoms with Crippen molar-refractivity contribution in [2.24, 2.45) is 0 Å². The van der Waals surface area contributed by atoms with Crippen LogP contribution in [0.3, 0.4) is 0 Å². The molecule has 2 aromatic rings. The van der Waals surface area contributed by atoms with Gasteiger partial charge in [-0.05, 0) is 38.7 Å². The third kappa shape index (κ3) is 3.58. The molecule has 0 amide bonds. The Kier molecular flexibility index (Phi) is 4.78. The van der Waals surface area contributed by atoms with Crippen molar-refractivity contribution in [3.8, 4) is 0 Å². The number of pyridine rings is 1. The van der Waals surface area contributed by atoms with Crippen molar-refractivity contribution in [2.45, 2.75) is 39.2 Å². The number of anilines is 2. The van der Waals surface area contributed by atoms with Gasteiger partial charge in [0.1, 0.15) is 17.5 Å². The molecular weight excluding hydrogens is 314 g/mol. The van der Waals surface area contributed by atoms with Gasteiger partial charge in [0.15, 0.2) is 0 Å². The van der Waals surface area contributed by atoms with Crippen LogP contribution in [0, 0.1) is 6.92 Å². The van der Waals surface area contributed by atoms with E-state index < -0.39 is 0 Å². The molecule has 1 aliphatic heterocycles. The van der Waals surface area contributed by atoms with Crippen LogP contribution in [0.15, 0.2) is 18.3 Å². The zero-order chi connectivity index (χ0) is 17.1. The maximum Gasteiger partial charge on any atom is 0.133 e. The Morgan fingerprint density at radius 2 is 2.00 bits per heavy atom. The van der Waals surface area contributed by atoms with Gasteiger partial charge in [-0.1, -0.05) is 6.07 Å². The summed E-state index contributed by atoms with van der Waals surface area (Å²) in [5.41, 5.74) is 3.72. The molecule has 25 heavy (non-hydrogen) atoms. The van der Waals surface area contributed by atoms with Crippen molar-refractivity contribution in [3.05, 3.63) is 41.0 Å². The zero-order valence-corrected chi connectivity index (χ0v) is 14.8. The van der Waals surface area contributed by atoms with E-state index in [0.717, 1.165) is 63.1 Å². The van der Waals surface area contributed by atoms with Gasteiger partial charge in [0, 0.05) is 42.7 Å². The van der Waals surface area contributed by atoms with Crippen LogP contribution >= 0.6 is 0 Å². The Morgan fingerprint density at radius 1 is 1.16 bits per heavy atom. The van der Waals surface area contributed by atoms with Gasteiger partial charge >= 0.3 is 0 Å². The minimum Gasteiger partial charge on any atom is -0.378 e. The number of aromatic nitrogens is 3. The molecule has 0 saturated carbocycles. The first kappa shape index (κ1) is 16.3. The molecule has 0 unspecified atom stereocenters. The molecule has 1 fully saturated rings. The summed E-state index contributed by atoms with van der Waals surface area (Å²) < 4.78 is 5.46. The van der Waals surface area contributed by atoms with Crippen molar-refractivity contribution < 1.29 is 4.74 Å². The Morgan fingerprint density at radius 3 is 2.88 bits per heavy atom. The highest BCUT2D eigenvalue weighted by Gasteiger charge is 2.19. The average Bonchev–Trinajstić information content (AvgIpc) is 2.67. The summed E-state index contributed by atoms with van der Waals surface area (Å²) in [4.78, 5) is 16.2. The number of hydrogen-bond acceptors (Lipinski definition) is 6. The lowest BCUT2D eigenvalue weighted by Crippen LogP contribution is -2.37. The Balaban J connectivity index is 1.55. The van der Waals surface area contributed by atoms with Crippen LogP contribution in [0.2, 0.25) is 0 Å². The van der Waals surface area contributed by atoms with Crippen LogP contribution in [-0.2, 0) is 24.1 Å². The van der Waals surface area contributed by atoms with Crippen molar-refractivity contribution in [3.63, 3.8) is 0 Å². The standard InChI is InChI=1S/C19H25N5O/c1-14-22-17-7-3-2-6-16(17)18(23-14)21-13-15-5-4-8-20-19(15)24-9-11-25-12-10-24/h4-5,8H,2-3,6-7,9-13H2,1H3,(H,21,22,23). The van der Waals surface area contributed by atoms with Gasteiger partial charge in [0.25, 0.3) is 0 Å². The molecule has 0 atom stereocenters. The quantitative estimate of drug-likeness (QED) is 0.923. The van der Waals surface area contributed by atoms with E-state index in [0.29, 0.717) is 0 Å². The lowest BCUT2D eigenvalue weighted by atomic mass is 9.96. The minimum atomic E-state index is 0.726. The second-order valence-corrected chi connectivity index (χ2v) is 6.69. The third-order valence-electron chi connectivity index (χ3n) is 4.92. The maximum absolute atomic E-state index is 5.46. The summed E-state index contributed by atoms with van der Waals surface area (Å²) >= 11 is 0. The summed E-state index contributed by atoms with van der Waals surface area (Å²) in [5, 5.41) is 3.56. The van der Waals surface area contributed by atoms with Gasteiger partial charge in [-0.2, -0.15) is 0 Å². The van der Waals surface area contributed by atoms with Gasteiger partial charge in [-0.15, -0.1) is 0 Å². The molecule has 1 N–H and O–H groups in total. The Hall–Kier alpha value is -2.21. The van der Waals surface area contributed by atoms with Crippen LogP contribution < -0.4 is 10.2 Å². The molecule has 6 heteroatoms. The summed E-state index contributed by atoms with van der Waals surface area (Å²) in [6.45, 7) is 6.02. The zero-order valence-electron chi connectivity index (χ0n) is 14.8. The van der Waals surface area contributed by atoms with Crippen LogP contribution in [0.1, 0.15) is 35.5 Å². The lowest BCUT2D eigenvalue weighted by molar-refractivity contribution is 0.122. The molecule has 3 heterocycles. The molecule has 1 aliphatic carbocycles. The van der Waals surface area contributed by atoms with E-state index in [1.54, 1.807) is 0 Å². The van der Waals surface area contributed by atoms with Gasteiger partial charge in [0.2, 0.25) is 0 Å². The molecule has 6 nitrogen and oxygen atoms in total. The fourth-order valence-electron chi connectivity index (χ4n) is 3.67. The largest absolute Gasteiger partial charge is 0.378 e. The Bertz CT molecular complexity index is 743. The van der Waals surface area contributed by atoms with E-state index in [2.05, 4.69) is 31.2 Å². The Labute approximate surface area is 148 Å². The highest BCUT2D eigenvalue weighted by Crippen LogP contribution is 2.26. The topological polar surface area (TPSA) is 63.2 Å². The SMILES string of the molecule is Cc1nc2c(c(NCc3cccnc3N3CCOCC3)n1)CCCC2. The second kappa shape index (κ2) is 7.35. The van der Waals surface area contributed by atoms with E-state index in [1.165, 1.54) is 29.7 Å². The van der Waals surface area contributed by atoms with Gasteiger partial charge in [-0.3, -0.25) is 0 Å². The fraction of sp³-hybridized carbons (Fsp3) is 0.526. The van der Waals surface area contributed by atoms with Crippen molar-refractivity contribution in [2.75, 3.05) is 36.5 Å². The fourth-order valence-corrected chi connectivity index (χ4v) is 3.67. The van der Waals surface area contributed by atoms with E-state index in [4.69, 9.17) is 4.74 Å². The molecule has 1 saturated heterocycles. The lowest BCUT2D eigenvalue weighted by Gasteiger charge is -2.29. The van der Waals surface area contributed by atoms with E-state index in [-0.39, 0.29) is 0 Å². The molecule has 0 spiro atoms. The molecule has 4 rings (SSSR count). The number of nitrogens with one attached hydrogen (secondary N) is 1. The summed E-state index contributed by atoms with van der Waals surface area (Å²) in [6, 6.07) is 4.15. The van der Waals surface area contributed by atoms with E-state index in [9.17, 15) is 0 Å². The molecule has 132 valence electrons. The van der Waals surface area contributed by atoms with Crippen molar-refractivity contribution in [1.29, 1.82) is 0 Å². The van der Waals surface area contributed by atoms with Crippen molar-refractivity contribution in [1.82, 2.24) is 15.0 Å². The number of aryl methyl sites for hydroxylation is 2. The second-order valence-electron chi connectivity index (χ2n) is 6.69. The monoisotopic (exact) mass is 339 g/mol. The van der Waals surface area contributed by atoms with Gasteiger partial charge in [0.05, 0.1) is 13.2 Å². The number of nitrogens with zero attached hydrogens (tertiary/aromatic N) is 4. The summed E-state index contributed by atoms with van der Waals surface area (Å²) in [5.74, 6) is 2.90. The van der Waals surface area contributed by atoms with Crippen molar-refractivity contribution >= 4 is 11.6 Å². The first-order chi connectivity index (χ1) is 12.3. The minimum absolute atomic E-state index is 0.726. The summed E-state index contributed by atoms with van der Waals surface area (Å²) in [7, 11) is 0. The van der Waals surface area contributed by atoms with Gasteiger partial charge in [-0.25, -0.2) is 15.0 Å². The molecule has 0 aromatic carbocycles. The van der Waals surface area contributed by atoms with Gasteiger partial charge < -0.3 is 15.0 Å². The van der Waals surface area contributed by atoms with E-state index in [1.807, 2.05) is 19.2 Å². The highest BCUT2D eigenvalue weighted by molar-refractivity contribution is 5.52. The number of fused-ring (bicyclic) bond motifs is 1. The normalized spacial score (nSPS) is 17.2.